The predicted octanol–water partition coefficient (Wildman–Crippen LogP) is 5.08. The standard InChI is InChI=1S/C15H10Br2O2/c16-13-7-3-5-11(14(13)17)9-8-10-4-1-2-6-12(10)15(18)19/h1-9H,(H,18,19)/b9-8+. The molecule has 1 N–H and O–H groups in total. The van der Waals surface area contributed by atoms with Gasteiger partial charge in [0.25, 0.3) is 0 Å². The maximum absolute atomic E-state index is 11.1. The minimum absolute atomic E-state index is 0.296. The zero-order chi connectivity index (χ0) is 13.8. The molecule has 2 aromatic carbocycles. The fraction of sp³-hybridized carbons (Fsp3) is 0. The molecule has 2 nitrogen and oxygen atoms in total. The second-order valence-corrected chi connectivity index (χ2v) is 5.52. The van der Waals surface area contributed by atoms with Crippen molar-refractivity contribution in [2.24, 2.45) is 0 Å². The van der Waals surface area contributed by atoms with Gasteiger partial charge in [-0.05, 0) is 55.1 Å². The quantitative estimate of drug-likeness (QED) is 0.752. The van der Waals surface area contributed by atoms with E-state index in [4.69, 9.17) is 5.11 Å². The molecule has 2 aromatic rings. The fourth-order valence-electron chi connectivity index (χ4n) is 1.67. The van der Waals surface area contributed by atoms with Crippen molar-refractivity contribution in [3.8, 4) is 0 Å². The van der Waals surface area contributed by atoms with Crippen molar-refractivity contribution in [1.29, 1.82) is 0 Å². The van der Waals surface area contributed by atoms with Crippen LogP contribution in [0.2, 0.25) is 0 Å². The Morgan fingerprint density at radius 3 is 2.32 bits per heavy atom. The Labute approximate surface area is 128 Å². The van der Waals surface area contributed by atoms with E-state index in [1.165, 1.54) is 0 Å². The number of aromatic carboxylic acids is 1. The molecule has 0 spiro atoms. The molecule has 0 fully saturated rings. The van der Waals surface area contributed by atoms with Gasteiger partial charge in [-0.3, -0.25) is 0 Å². The van der Waals surface area contributed by atoms with Crippen molar-refractivity contribution in [1.82, 2.24) is 0 Å². The van der Waals surface area contributed by atoms with E-state index in [0.717, 1.165) is 14.5 Å². The van der Waals surface area contributed by atoms with Crippen LogP contribution in [0.25, 0.3) is 12.2 Å². The van der Waals surface area contributed by atoms with Crippen molar-refractivity contribution in [3.05, 3.63) is 68.1 Å². The summed E-state index contributed by atoms with van der Waals surface area (Å²) in [5.74, 6) is -0.923. The minimum atomic E-state index is -0.923. The van der Waals surface area contributed by atoms with E-state index in [1.807, 2.05) is 30.3 Å². The third kappa shape index (κ3) is 3.33. The maximum atomic E-state index is 11.1. The Hall–Kier alpha value is -1.39. The second kappa shape index (κ2) is 6.17. The van der Waals surface area contributed by atoms with E-state index in [2.05, 4.69) is 31.9 Å². The summed E-state index contributed by atoms with van der Waals surface area (Å²) in [5, 5.41) is 9.11. The number of carbonyl (C=O) groups is 1. The summed E-state index contributed by atoms with van der Waals surface area (Å²) < 4.78 is 1.90. The van der Waals surface area contributed by atoms with Crippen LogP contribution in [0.5, 0.6) is 0 Å². The second-order valence-electron chi connectivity index (χ2n) is 3.87. The summed E-state index contributed by atoms with van der Waals surface area (Å²) in [6.07, 6.45) is 3.69. The first-order valence-corrected chi connectivity index (χ1v) is 7.12. The molecule has 2 rings (SSSR count). The number of carboxylic acids is 1. The zero-order valence-electron chi connectivity index (χ0n) is 9.81. The van der Waals surface area contributed by atoms with E-state index >= 15 is 0 Å². The van der Waals surface area contributed by atoms with Gasteiger partial charge in [-0.2, -0.15) is 0 Å². The molecule has 0 saturated carbocycles. The van der Waals surface area contributed by atoms with Gasteiger partial charge in [-0.1, -0.05) is 42.5 Å². The van der Waals surface area contributed by atoms with Gasteiger partial charge in [0, 0.05) is 8.95 Å². The highest BCUT2D eigenvalue weighted by Gasteiger charge is 2.06. The predicted molar refractivity (Wildman–Crippen MR) is 84.2 cm³/mol. The first kappa shape index (κ1) is 14.0. The number of hydrogen-bond acceptors (Lipinski definition) is 1. The van der Waals surface area contributed by atoms with Gasteiger partial charge >= 0.3 is 5.97 Å². The first-order valence-electron chi connectivity index (χ1n) is 5.54. The zero-order valence-corrected chi connectivity index (χ0v) is 13.0. The molecule has 0 unspecified atom stereocenters. The number of halogens is 2. The van der Waals surface area contributed by atoms with Crippen LogP contribution >= 0.6 is 31.9 Å². The van der Waals surface area contributed by atoms with E-state index in [0.29, 0.717) is 11.1 Å². The summed E-state index contributed by atoms with van der Waals surface area (Å²) in [7, 11) is 0. The first-order chi connectivity index (χ1) is 9.09. The Kier molecular flexibility index (Phi) is 4.56. The molecule has 0 aromatic heterocycles. The molecule has 0 saturated heterocycles. The molecule has 0 heterocycles. The molecule has 0 aliphatic rings. The van der Waals surface area contributed by atoms with Gasteiger partial charge in [0.05, 0.1) is 5.56 Å². The lowest BCUT2D eigenvalue weighted by Gasteiger charge is -2.02. The van der Waals surface area contributed by atoms with E-state index in [9.17, 15) is 4.79 Å². The number of carboxylic acid groups (broad SMARTS) is 1. The summed E-state index contributed by atoms with van der Waals surface area (Å²) in [4.78, 5) is 11.1. The normalized spacial score (nSPS) is 10.8. The van der Waals surface area contributed by atoms with Crippen LogP contribution in [0.3, 0.4) is 0 Å². The SMILES string of the molecule is O=C(O)c1ccccc1/C=C/c1cccc(Br)c1Br. The summed E-state index contributed by atoms with van der Waals surface area (Å²) in [6.45, 7) is 0. The number of rotatable bonds is 3. The summed E-state index contributed by atoms with van der Waals surface area (Å²) >= 11 is 6.92. The van der Waals surface area contributed by atoms with Crippen LogP contribution in [0.1, 0.15) is 21.5 Å². The maximum Gasteiger partial charge on any atom is 0.336 e. The van der Waals surface area contributed by atoms with Crippen LogP contribution in [-0.2, 0) is 0 Å². The Balaban J connectivity index is 2.38. The number of benzene rings is 2. The average molecular weight is 382 g/mol. The average Bonchev–Trinajstić information content (AvgIpc) is 2.40. The molecule has 0 atom stereocenters. The van der Waals surface area contributed by atoms with E-state index in [1.54, 1.807) is 24.3 Å². The largest absolute Gasteiger partial charge is 0.478 e. The molecule has 96 valence electrons. The fourth-order valence-corrected chi connectivity index (χ4v) is 2.44. The Morgan fingerprint density at radius 1 is 0.947 bits per heavy atom. The highest BCUT2D eigenvalue weighted by atomic mass is 79.9. The van der Waals surface area contributed by atoms with Crippen LogP contribution in [-0.4, -0.2) is 11.1 Å². The summed E-state index contributed by atoms with van der Waals surface area (Å²) in [6, 6.07) is 12.7. The Bertz CT molecular complexity index is 648. The lowest BCUT2D eigenvalue weighted by Crippen LogP contribution is -1.98. The van der Waals surface area contributed by atoms with Crippen LogP contribution in [0.4, 0.5) is 0 Å². The molecule has 0 aliphatic heterocycles. The van der Waals surface area contributed by atoms with Crippen LogP contribution in [0, 0.1) is 0 Å². The van der Waals surface area contributed by atoms with Gasteiger partial charge in [0.2, 0.25) is 0 Å². The topological polar surface area (TPSA) is 37.3 Å². The molecule has 19 heavy (non-hydrogen) atoms. The molecule has 0 amide bonds. The van der Waals surface area contributed by atoms with Crippen molar-refractivity contribution >= 4 is 50.0 Å². The monoisotopic (exact) mass is 380 g/mol. The van der Waals surface area contributed by atoms with Gasteiger partial charge in [-0.15, -0.1) is 0 Å². The lowest BCUT2D eigenvalue weighted by molar-refractivity contribution is 0.0696. The highest BCUT2D eigenvalue weighted by Crippen LogP contribution is 2.28. The highest BCUT2D eigenvalue weighted by molar-refractivity contribution is 9.13. The van der Waals surface area contributed by atoms with Gasteiger partial charge < -0.3 is 5.11 Å². The third-order valence-corrected chi connectivity index (χ3v) is 4.69. The molecule has 0 aliphatic carbocycles. The smallest absolute Gasteiger partial charge is 0.336 e. The Morgan fingerprint density at radius 2 is 1.58 bits per heavy atom. The van der Waals surface area contributed by atoms with Crippen LogP contribution < -0.4 is 0 Å². The van der Waals surface area contributed by atoms with Crippen molar-refractivity contribution in [3.63, 3.8) is 0 Å². The van der Waals surface area contributed by atoms with Gasteiger partial charge in [0.15, 0.2) is 0 Å². The van der Waals surface area contributed by atoms with Gasteiger partial charge in [-0.25, -0.2) is 4.79 Å². The number of hydrogen-bond donors (Lipinski definition) is 1. The van der Waals surface area contributed by atoms with E-state index < -0.39 is 5.97 Å². The van der Waals surface area contributed by atoms with Crippen molar-refractivity contribution in [2.45, 2.75) is 0 Å². The molecule has 4 heteroatoms. The molecule has 0 radical (unpaired) electrons. The van der Waals surface area contributed by atoms with E-state index in [-0.39, 0.29) is 0 Å². The summed E-state index contributed by atoms with van der Waals surface area (Å²) in [5.41, 5.74) is 1.96. The van der Waals surface area contributed by atoms with Crippen molar-refractivity contribution in [2.75, 3.05) is 0 Å². The molecule has 0 bridgehead atoms. The third-order valence-electron chi connectivity index (χ3n) is 2.62. The molecular weight excluding hydrogens is 372 g/mol. The van der Waals surface area contributed by atoms with Crippen molar-refractivity contribution < 1.29 is 9.90 Å². The lowest BCUT2D eigenvalue weighted by atomic mass is 10.1. The minimum Gasteiger partial charge on any atom is -0.478 e. The molecular formula is C15H10Br2O2. The van der Waals surface area contributed by atoms with Gasteiger partial charge in [0.1, 0.15) is 0 Å². The van der Waals surface area contributed by atoms with Crippen LogP contribution in [0.15, 0.2) is 51.4 Å².